The van der Waals surface area contributed by atoms with E-state index in [9.17, 15) is 4.79 Å². The lowest BCUT2D eigenvalue weighted by atomic mass is 10.1. The molecule has 0 bridgehead atoms. The van der Waals surface area contributed by atoms with Crippen LogP contribution in [-0.2, 0) is 4.79 Å². The fourth-order valence-electron chi connectivity index (χ4n) is 2.23. The molecule has 6 heteroatoms. The van der Waals surface area contributed by atoms with Crippen molar-refractivity contribution in [1.29, 1.82) is 0 Å². The van der Waals surface area contributed by atoms with E-state index in [1.807, 2.05) is 68.4 Å². The first-order chi connectivity index (χ1) is 11.6. The Labute approximate surface area is 144 Å². The Hall–Kier alpha value is -2.60. The minimum atomic E-state index is -0.428. The molecule has 0 saturated heterocycles. The molecule has 0 aliphatic carbocycles. The van der Waals surface area contributed by atoms with Gasteiger partial charge < -0.3 is 5.32 Å². The molecule has 0 aliphatic heterocycles. The lowest BCUT2D eigenvalue weighted by molar-refractivity contribution is -0.115. The van der Waals surface area contributed by atoms with Gasteiger partial charge in [-0.25, -0.2) is 4.98 Å². The smallest absolute Gasteiger partial charge is 0.242 e. The van der Waals surface area contributed by atoms with Gasteiger partial charge in [0, 0.05) is 5.69 Å². The molecular weight excluding hydrogens is 320 g/mol. The zero-order chi connectivity index (χ0) is 16.9. The van der Waals surface area contributed by atoms with Crippen molar-refractivity contribution in [2.75, 3.05) is 5.32 Å². The fraction of sp³-hybridized carbons (Fsp3) is 0.167. The van der Waals surface area contributed by atoms with Gasteiger partial charge in [0.25, 0.3) is 0 Å². The quantitative estimate of drug-likeness (QED) is 0.692. The molecule has 5 nitrogen and oxygen atoms in total. The molecule has 122 valence electrons. The van der Waals surface area contributed by atoms with E-state index < -0.39 is 5.25 Å². The van der Waals surface area contributed by atoms with Crippen molar-refractivity contribution < 1.29 is 4.79 Å². The van der Waals surface area contributed by atoms with Gasteiger partial charge in [-0.3, -0.25) is 9.89 Å². The minimum absolute atomic E-state index is 0.0995. The summed E-state index contributed by atoms with van der Waals surface area (Å²) in [6.45, 7) is 3.85. The first kappa shape index (κ1) is 16.3. The van der Waals surface area contributed by atoms with Crippen molar-refractivity contribution in [3.63, 3.8) is 0 Å². The van der Waals surface area contributed by atoms with Crippen molar-refractivity contribution >= 4 is 23.4 Å². The highest BCUT2D eigenvalue weighted by Crippen LogP contribution is 2.34. The van der Waals surface area contributed by atoms with Gasteiger partial charge in [0.05, 0.1) is 0 Å². The number of nitrogens with zero attached hydrogens (tertiary/aromatic N) is 2. The maximum absolute atomic E-state index is 12.8. The van der Waals surface area contributed by atoms with Crippen molar-refractivity contribution in [2.24, 2.45) is 0 Å². The Balaban J connectivity index is 1.83. The number of aryl methyl sites for hydroxylation is 2. The number of benzene rings is 2. The predicted molar refractivity (Wildman–Crippen MR) is 96.0 cm³/mol. The topological polar surface area (TPSA) is 70.7 Å². The number of nitrogens with one attached hydrogen (secondary N) is 2. The molecule has 1 amide bonds. The van der Waals surface area contributed by atoms with Crippen LogP contribution >= 0.6 is 11.8 Å². The fourth-order valence-corrected chi connectivity index (χ4v) is 3.18. The van der Waals surface area contributed by atoms with Crippen LogP contribution in [0.5, 0.6) is 0 Å². The molecular formula is C18H18N4OS. The van der Waals surface area contributed by atoms with E-state index in [1.54, 1.807) is 0 Å². The summed E-state index contributed by atoms with van der Waals surface area (Å²) in [7, 11) is 0. The number of carbonyl (C=O) groups is 1. The summed E-state index contributed by atoms with van der Waals surface area (Å²) in [6, 6.07) is 17.4. The second kappa shape index (κ2) is 7.31. The van der Waals surface area contributed by atoms with Crippen molar-refractivity contribution in [2.45, 2.75) is 24.3 Å². The Kier molecular flexibility index (Phi) is 4.96. The summed E-state index contributed by atoms with van der Waals surface area (Å²) >= 11 is 1.33. The number of aromatic amines is 1. The summed E-state index contributed by atoms with van der Waals surface area (Å²) in [5, 5.41) is 10.0. The van der Waals surface area contributed by atoms with Crippen LogP contribution in [0.15, 0.2) is 59.8 Å². The van der Waals surface area contributed by atoms with Crippen molar-refractivity contribution in [3.05, 3.63) is 71.5 Å². The molecule has 1 atom stereocenters. The highest BCUT2D eigenvalue weighted by Gasteiger charge is 2.24. The van der Waals surface area contributed by atoms with Crippen LogP contribution in [0.1, 0.15) is 22.2 Å². The van der Waals surface area contributed by atoms with E-state index in [0.29, 0.717) is 5.16 Å². The van der Waals surface area contributed by atoms with E-state index in [0.717, 1.165) is 22.6 Å². The van der Waals surface area contributed by atoms with Gasteiger partial charge in [0.15, 0.2) is 0 Å². The van der Waals surface area contributed by atoms with Gasteiger partial charge >= 0.3 is 0 Å². The van der Waals surface area contributed by atoms with Crippen LogP contribution in [0.3, 0.4) is 0 Å². The Morgan fingerprint density at radius 3 is 2.42 bits per heavy atom. The summed E-state index contributed by atoms with van der Waals surface area (Å²) in [5.41, 5.74) is 2.84. The summed E-state index contributed by atoms with van der Waals surface area (Å²) in [5.74, 6) is 0.626. The lowest BCUT2D eigenvalue weighted by Gasteiger charge is -2.15. The Morgan fingerprint density at radius 2 is 1.79 bits per heavy atom. The SMILES string of the molecule is Cc1ccc(NC(=O)C(Sc2n[nH]c(C)n2)c2ccccc2)cc1. The van der Waals surface area contributed by atoms with Gasteiger partial charge in [-0.05, 0) is 31.5 Å². The molecule has 3 aromatic rings. The first-order valence-electron chi connectivity index (χ1n) is 7.60. The van der Waals surface area contributed by atoms with E-state index in [4.69, 9.17) is 0 Å². The largest absolute Gasteiger partial charge is 0.325 e. The molecule has 0 saturated carbocycles. The molecule has 2 aromatic carbocycles. The maximum Gasteiger partial charge on any atom is 0.242 e. The van der Waals surface area contributed by atoms with Gasteiger partial charge in [0.2, 0.25) is 11.1 Å². The monoisotopic (exact) mass is 338 g/mol. The summed E-state index contributed by atoms with van der Waals surface area (Å²) < 4.78 is 0. The highest BCUT2D eigenvalue weighted by molar-refractivity contribution is 8.00. The van der Waals surface area contributed by atoms with Crippen molar-refractivity contribution in [1.82, 2.24) is 15.2 Å². The van der Waals surface area contributed by atoms with Crippen LogP contribution in [0, 0.1) is 13.8 Å². The van der Waals surface area contributed by atoms with Crippen LogP contribution < -0.4 is 5.32 Å². The molecule has 0 radical (unpaired) electrons. The standard InChI is InChI=1S/C18H18N4OS/c1-12-8-10-15(11-9-12)20-17(23)16(14-6-4-3-5-7-14)24-18-19-13(2)21-22-18/h3-11,16H,1-2H3,(H,20,23)(H,19,21,22). The number of anilines is 1. The van der Waals surface area contributed by atoms with Gasteiger partial charge in [0.1, 0.15) is 11.1 Å². The number of hydrogen-bond acceptors (Lipinski definition) is 4. The molecule has 1 unspecified atom stereocenters. The average molecular weight is 338 g/mol. The zero-order valence-electron chi connectivity index (χ0n) is 13.5. The van der Waals surface area contributed by atoms with E-state index >= 15 is 0 Å². The third-order valence-corrected chi connectivity index (χ3v) is 4.57. The number of thioether (sulfide) groups is 1. The second-order valence-electron chi connectivity index (χ2n) is 5.47. The highest BCUT2D eigenvalue weighted by atomic mass is 32.2. The zero-order valence-corrected chi connectivity index (χ0v) is 14.3. The third kappa shape index (κ3) is 4.02. The summed E-state index contributed by atoms with van der Waals surface area (Å²) in [6.07, 6.45) is 0. The number of carbonyl (C=O) groups excluding carboxylic acids is 1. The number of H-pyrrole nitrogens is 1. The van der Waals surface area contributed by atoms with Gasteiger partial charge in [-0.2, -0.15) is 0 Å². The Morgan fingerprint density at radius 1 is 1.08 bits per heavy atom. The molecule has 3 rings (SSSR count). The molecule has 0 aliphatic rings. The molecule has 1 aromatic heterocycles. The maximum atomic E-state index is 12.8. The number of amides is 1. The number of aromatic nitrogens is 3. The van der Waals surface area contributed by atoms with Crippen LogP contribution in [0.25, 0.3) is 0 Å². The summed E-state index contributed by atoms with van der Waals surface area (Å²) in [4.78, 5) is 17.1. The lowest BCUT2D eigenvalue weighted by Crippen LogP contribution is -2.19. The number of hydrogen-bond donors (Lipinski definition) is 2. The molecule has 2 N–H and O–H groups in total. The predicted octanol–water partition coefficient (Wildman–Crippen LogP) is 3.89. The average Bonchev–Trinajstić information content (AvgIpc) is 3.00. The van der Waals surface area contributed by atoms with E-state index in [-0.39, 0.29) is 5.91 Å². The van der Waals surface area contributed by atoms with Crippen LogP contribution in [0.2, 0.25) is 0 Å². The molecule has 1 heterocycles. The van der Waals surface area contributed by atoms with Gasteiger partial charge in [-0.15, -0.1) is 5.10 Å². The van der Waals surface area contributed by atoms with E-state index in [2.05, 4.69) is 20.5 Å². The second-order valence-corrected chi connectivity index (χ2v) is 6.54. The van der Waals surface area contributed by atoms with Crippen LogP contribution in [0.4, 0.5) is 5.69 Å². The number of rotatable bonds is 5. The van der Waals surface area contributed by atoms with E-state index in [1.165, 1.54) is 11.8 Å². The molecule has 0 spiro atoms. The molecule has 0 fully saturated rings. The van der Waals surface area contributed by atoms with Crippen molar-refractivity contribution in [3.8, 4) is 0 Å². The minimum Gasteiger partial charge on any atom is -0.325 e. The first-order valence-corrected chi connectivity index (χ1v) is 8.48. The Bertz CT molecular complexity index is 815. The third-order valence-electron chi connectivity index (χ3n) is 3.46. The van der Waals surface area contributed by atoms with Gasteiger partial charge in [-0.1, -0.05) is 59.8 Å². The van der Waals surface area contributed by atoms with Crippen LogP contribution in [-0.4, -0.2) is 21.1 Å². The normalized spacial score (nSPS) is 11.9. The molecule has 24 heavy (non-hydrogen) atoms.